The van der Waals surface area contributed by atoms with Crippen LogP contribution < -0.4 is 10.6 Å². The van der Waals surface area contributed by atoms with Crippen LogP contribution in [0.3, 0.4) is 0 Å². The summed E-state index contributed by atoms with van der Waals surface area (Å²) in [5.41, 5.74) is 0. The fourth-order valence-corrected chi connectivity index (χ4v) is 1.82. The Kier molecular flexibility index (Phi) is 3.19. The maximum atomic E-state index is 11.0. The highest BCUT2D eigenvalue weighted by Crippen LogP contribution is 2.12. The molecule has 1 fully saturated rings. The molecular weight excluding hydrogens is 206 g/mol. The van der Waals surface area contributed by atoms with Crippen molar-refractivity contribution >= 4 is 5.91 Å². The van der Waals surface area contributed by atoms with Gasteiger partial charge < -0.3 is 9.88 Å². The van der Waals surface area contributed by atoms with Crippen LogP contribution in [0.4, 0.5) is 0 Å². The standard InChI is InChI=1S/C10H17N5O/c1-7(2)5-15-6-13-14-10(15)8-3-12-9(16)4-11-8/h6-8,11H,3-5H2,1-2H3,(H,12,16). The third kappa shape index (κ3) is 2.38. The third-order valence-corrected chi connectivity index (χ3v) is 2.53. The number of nitrogens with one attached hydrogen (secondary N) is 2. The lowest BCUT2D eigenvalue weighted by molar-refractivity contribution is -0.121. The van der Waals surface area contributed by atoms with Crippen molar-refractivity contribution in [3.05, 3.63) is 12.2 Å². The van der Waals surface area contributed by atoms with Crippen molar-refractivity contribution in [3.63, 3.8) is 0 Å². The van der Waals surface area contributed by atoms with Crippen molar-refractivity contribution in [2.45, 2.75) is 26.4 Å². The number of carbonyl (C=O) groups is 1. The maximum absolute atomic E-state index is 11.0. The highest BCUT2D eigenvalue weighted by Gasteiger charge is 2.23. The highest BCUT2D eigenvalue weighted by atomic mass is 16.2. The second-order valence-electron chi connectivity index (χ2n) is 4.47. The van der Waals surface area contributed by atoms with Gasteiger partial charge in [-0.25, -0.2) is 0 Å². The number of amides is 1. The van der Waals surface area contributed by atoms with E-state index in [4.69, 9.17) is 0 Å². The first-order chi connectivity index (χ1) is 7.66. The Balaban J connectivity index is 2.08. The van der Waals surface area contributed by atoms with Gasteiger partial charge in [0.05, 0.1) is 12.6 Å². The molecule has 2 N–H and O–H groups in total. The Bertz CT molecular complexity index is 363. The number of carbonyl (C=O) groups excluding carboxylic acids is 1. The molecule has 2 rings (SSSR count). The molecule has 1 aliphatic rings. The van der Waals surface area contributed by atoms with Gasteiger partial charge in [-0.2, -0.15) is 0 Å². The number of hydrogen-bond donors (Lipinski definition) is 2. The molecule has 16 heavy (non-hydrogen) atoms. The van der Waals surface area contributed by atoms with Crippen LogP contribution in [-0.2, 0) is 11.3 Å². The average Bonchev–Trinajstić information content (AvgIpc) is 2.66. The Morgan fingerprint density at radius 3 is 3.06 bits per heavy atom. The van der Waals surface area contributed by atoms with Crippen LogP contribution in [0.25, 0.3) is 0 Å². The van der Waals surface area contributed by atoms with Crippen molar-refractivity contribution < 1.29 is 4.79 Å². The van der Waals surface area contributed by atoms with Gasteiger partial charge in [-0.15, -0.1) is 10.2 Å². The van der Waals surface area contributed by atoms with Gasteiger partial charge in [-0.1, -0.05) is 13.8 Å². The molecular formula is C10H17N5O. The molecule has 1 unspecified atom stereocenters. The quantitative estimate of drug-likeness (QED) is 0.737. The first-order valence-corrected chi connectivity index (χ1v) is 5.54. The number of rotatable bonds is 3. The molecule has 0 aromatic carbocycles. The summed E-state index contributed by atoms with van der Waals surface area (Å²) in [5.74, 6) is 1.48. The largest absolute Gasteiger partial charge is 0.353 e. The first kappa shape index (κ1) is 11.1. The summed E-state index contributed by atoms with van der Waals surface area (Å²) < 4.78 is 2.04. The van der Waals surface area contributed by atoms with E-state index >= 15 is 0 Å². The van der Waals surface area contributed by atoms with Crippen molar-refractivity contribution in [1.82, 2.24) is 25.4 Å². The minimum Gasteiger partial charge on any atom is -0.353 e. The molecule has 0 radical (unpaired) electrons. The first-order valence-electron chi connectivity index (χ1n) is 5.54. The molecule has 6 nitrogen and oxygen atoms in total. The maximum Gasteiger partial charge on any atom is 0.234 e. The Hall–Kier alpha value is -1.43. The SMILES string of the molecule is CC(C)Cn1cnnc1C1CNC(=O)CN1. The molecule has 0 bridgehead atoms. The third-order valence-electron chi connectivity index (χ3n) is 2.53. The van der Waals surface area contributed by atoms with Crippen LogP contribution in [0.2, 0.25) is 0 Å². The average molecular weight is 223 g/mol. The van der Waals surface area contributed by atoms with Gasteiger partial charge in [0.1, 0.15) is 6.33 Å². The van der Waals surface area contributed by atoms with Crippen LogP contribution in [0, 0.1) is 5.92 Å². The van der Waals surface area contributed by atoms with Crippen LogP contribution in [0.15, 0.2) is 6.33 Å². The van der Waals surface area contributed by atoms with Crippen LogP contribution in [0.5, 0.6) is 0 Å². The fraction of sp³-hybridized carbons (Fsp3) is 0.700. The summed E-state index contributed by atoms with van der Waals surface area (Å²) in [6.07, 6.45) is 1.74. The topological polar surface area (TPSA) is 71.8 Å². The van der Waals surface area contributed by atoms with Gasteiger partial charge in [-0.05, 0) is 5.92 Å². The van der Waals surface area contributed by atoms with E-state index < -0.39 is 0 Å². The molecule has 1 aliphatic heterocycles. The van der Waals surface area contributed by atoms with Crippen LogP contribution in [-0.4, -0.2) is 33.8 Å². The number of hydrogen-bond acceptors (Lipinski definition) is 4. The van der Waals surface area contributed by atoms with E-state index in [-0.39, 0.29) is 11.9 Å². The summed E-state index contributed by atoms with van der Waals surface area (Å²) in [4.78, 5) is 11.0. The van der Waals surface area contributed by atoms with Crippen LogP contribution >= 0.6 is 0 Å². The molecule has 6 heteroatoms. The lowest BCUT2D eigenvalue weighted by Crippen LogP contribution is -2.47. The second kappa shape index (κ2) is 4.61. The molecule has 88 valence electrons. The molecule has 1 aromatic heterocycles. The minimum atomic E-state index is 0.0335. The van der Waals surface area contributed by atoms with Gasteiger partial charge in [0.25, 0.3) is 0 Å². The molecule has 1 atom stereocenters. The van der Waals surface area contributed by atoms with E-state index in [1.807, 2.05) is 4.57 Å². The Morgan fingerprint density at radius 2 is 2.44 bits per heavy atom. The van der Waals surface area contributed by atoms with Crippen molar-refractivity contribution in [1.29, 1.82) is 0 Å². The van der Waals surface area contributed by atoms with Gasteiger partial charge in [0.2, 0.25) is 5.91 Å². The van der Waals surface area contributed by atoms with Crippen LogP contribution in [0.1, 0.15) is 25.7 Å². The normalized spacial score (nSPS) is 21.2. The lowest BCUT2D eigenvalue weighted by Gasteiger charge is -2.24. The van der Waals surface area contributed by atoms with Gasteiger partial charge in [0, 0.05) is 13.1 Å². The summed E-state index contributed by atoms with van der Waals surface area (Å²) in [6, 6.07) is 0.0685. The van der Waals surface area contributed by atoms with Crippen molar-refractivity contribution in [3.8, 4) is 0 Å². The predicted octanol–water partition coefficient (Wildman–Crippen LogP) is -0.305. The minimum absolute atomic E-state index is 0.0335. The molecule has 0 saturated carbocycles. The fourth-order valence-electron chi connectivity index (χ4n) is 1.82. The summed E-state index contributed by atoms with van der Waals surface area (Å²) in [6.45, 7) is 6.13. The smallest absolute Gasteiger partial charge is 0.234 e. The highest BCUT2D eigenvalue weighted by molar-refractivity contribution is 5.78. The molecule has 1 saturated heterocycles. The van der Waals surface area contributed by atoms with E-state index in [0.717, 1.165) is 12.4 Å². The van der Waals surface area contributed by atoms with E-state index in [9.17, 15) is 4.79 Å². The zero-order valence-corrected chi connectivity index (χ0v) is 9.60. The second-order valence-corrected chi connectivity index (χ2v) is 4.47. The van der Waals surface area contributed by atoms with E-state index in [2.05, 4.69) is 34.7 Å². The number of aromatic nitrogens is 3. The summed E-state index contributed by atoms with van der Waals surface area (Å²) >= 11 is 0. The van der Waals surface area contributed by atoms with E-state index in [1.165, 1.54) is 0 Å². The number of nitrogens with zero attached hydrogens (tertiary/aromatic N) is 3. The molecule has 0 aliphatic carbocycles. The molecule has 2 heterocycles. The van der Waals surface area contributed by atoms with Gasteiger partial charge in [0.15, 0.2) is 5.82 Å². The molecule has 1 aromatic rings. The molecule has 1 amide bonds. The lowest BCUT2D eigenvalue weighted by atomic mass is 10.2. The summed E-state index contributed by atoms with van der Waals surface area (Å²) in [7, 11) is 0. The van der Waals surface area contributed by atoms with Gasteiger partial charge in [-0.3, -0.25) is 10.1 Å². The van der Waals surface area contributed by atoms with Gasteiger partial charge >= 0.3 is 0 Å². The monoisotopic (exact) mass is 223 g/mol. The predicted molar refractivity (Wildman–Crippen MR) is 58.6 cm³/mol. The Labute approximate surface area is 94.4 Å². The zero-order valence-electron chi connectivity index (χ0n) is 9.60. The van der Waals surface area contributed by atoms with Crippen molar-refractivity contribution in [2.75, 3.05) is 13.1 Å². The molecule has 0 spiro atoms. The Morgan fingerprint density at radius 1 is 1.62 bits per heavy atom. The van der Waals surface area contributed by atoms with Crippen molar-refractivity contribution in [2.24, 2.45) is 5.92 Å². The summed E-state index contributed by atoms with van der Waals surface area (Å²) in [5, 5.41) is 14.0. The van der Waals surface area contributed by atoms with E-state index in [1.54, 1.807) is 6.33 Å². The zero-order chi connectivity index (χ0) is 11.5. The van der Waals surface area contributed by atoms with E-state index in [0.29, 0.717) is 19.0 Å². The number of piperazine rings is 1.